The standard InChI is InChI=1S/C12H14N6O/c1-2-7-16-10(19)8-5-3-4-6-9(8)17-12(15)18-11(13)14/h1,3-6H,7H2,(H,16,19)(H6,13,14,15,17,18). The smallest absolute Gasteiger partial charge is 0.254 e. The summed E-state index contributed by atoms with van der Waals surface area (Å²) in [5, 5.41) is 2.53. The lowest BCUT2D eigenvalue weighted by atomic mass is 10.1. The highest BCUT2D eigenvalue weighted by Gasteiger charge is 2.09. The zero-order valence-electron chi connectivity index (χ0n) is 10.1. The van der Waals surface area contributed by atoms with Crippen LogP contribution in [-0.4, -0.2) is 24.4 Å². The molecule has 0 saturated carbocycles. The molecule has 0 aliphatic heterocycles. The SMILES string of the molecule is C#CCNC(=O)c1ccccc1N=C(N)N=C(N)N. The fourth-order valence-electron chi connectivity index (χ4n) is 1.27. The number of benzene rings is 1. The first-order chi connectivity index (χ1) is 9.04. The summed E-state index contributed by atoms with van der Waals surface area (Å²) in [5.41, 5.74) is 16.5. The molecule has 0 saturated heterocycles. The molecule has 0 atom stereocenters. The molecule has 0 radical (unpaired) electrons. The van der Waals surface area contributed by atoms with E-state index in [0.29, 0.717) is 11.3 Å². The summed E-state index contributed by atoms with van der Waals surface area (Å²) in [5.74, 6) is 1.60. The van der Waals surface area contributed by atoms with Gasteiger partial charge in [0.05, 0.1) is 17.8 Å². The molecule has 0 fully saturated rings. The van der Waals surface area contributed by atoms with E-state index in [1.807, 2.05) is 0 Å². The second kappa shape index (κ2) is 6.66. The minimum atomic E-state index is -0.352. The van der Waals surface area contributed by atoms with Crippen molar-refractivity contribution in [3.05, 3.63) is 29.8 Å². The Labute approximate surface area is 110 Å². The third-order valence-corrected chi connectivity index (χ3v) is 1.98. The molecule has 1 rings (SSSR count). The Kier molecular flexibility index (Phi) is 4.93. The molecule has 0 aliphatic rings. The molecule has 7 nitrogen and oxygen atoms in total. The van der Waals surface area contributed by atoms with Crippen LogP contribution in [0.25, 0.3) is 0 Å². The molecule has 0 unspecified atom stereocenters. The van der Waals surface area contributed by atoms with Crippen LogP contribution < -0.4 is 22.5 Å². The third kappa shape index (κ3) is 4.40. The number of rotatable bonds is 3. The first kappa shape index (κ1) is 14.1. The Morgan fingerprint density at radius 2 is 2.00 bits per heavy atom. The van der Waals surface area contributed by atoms with E-state index in [9.17, 15) is 4.79 Å². The fourth-order valence-corrected chi connectivity index (χ4v) is 1.27. The van der Waals surface area contributed by atoms with Gasteiger partial charge in [0.1, 0.15) is 0 Å². The van der Waals surface area contributed by atoms with Crippen molar-refractivity contribution in [2.24, 2.45) is 27.2 Å². The maximum Gasteiger partial charge on any atom is 0.254 e. The fraction of sp³-hybridized carbons (Fsp3) is 0.0833. The number of carbonyl (C=O) groups excluding carboxylic acids is 1. The van der Waals surface area contributed by atoms with E-state index in [0.717, 1.165) is 0 Å². The summed E-state index contributed by atoms with van der Waals surface area (Å²) >= 11 is 0. The highest BCUT2D eigenvalue weighted by molar-refractivity contribution is 6.01. The van der Waals surface area contributed by atoms with Crippen LogP contribution in [0.3, 0.4) is 0 Å². The molecular weight excluding hydrogens is 244 g/mol. The Bertz CT molecular complexity index is 566. The molecular formula is C12H14N6O. The lowest BCUT2D eigenvalue weighted by Crippen LogP contribution is -2.26. The number of para-hydroxylation sites is 1. The summed E-state index contributed by atoms with van der Waals surface area (Å²) in [6.45, 7) is 0.125. The summed E-state index contributed by atoms with van der Waals surface area (Å²) < 4.78 is 0. The van der Waals surface area contributed by atoms with E-state index in [2.05, 4.69) is 21.2 Å². The highest BCUT2D eigenvalue weighted by atomic mass is 16.1. The first-order valence-corrected chi connectivity index (χ1v) is 5.29. The Morgan fingerprint density at radius 3 is 2.63 bits per heavy atom. The molecule has 98 valence electrons. The van der Waals surface area contributed by atoms with Crippen LogP contribution in [0.1, 0.15) is 10.4 Å². The summed E-state index contributed by atoms with van der Waals surface area (Å²) in [4.78, 5) is 19.4. The van der Waals surface area contributed by atoms with Gasteiger partial charge in [-0.1, -0.05) is 18.1 Å². The molecule has 1 aromatic carbocycles. The lowest BCUT2D eigenvalue weighted by molar-refractivity contribution is 0.0959. The molecule has 19 heavy (non-hydrogen) atoms. The zero-order chi connectivity index (χ0) is 14.3. The molecule has 0 bridgehead atoms. The van der Waals surface area contributed by atoms with Crippen LogP contribution in [-0.2, 0) is 0 Å². The van der Waals surface area contributed by atoms with E-state index in [1.165, 1.54) is 0 Å². The third-order valence-electron chi connectivity index (χ3n) is 1.98. The predicted molar refractivity (Wildman–Crippen MR) is 74.7 cm³/mol. The van der Waals surface area contributed by atoms with Crippen molar-refractivity contribution in [1.82, 2.24) is 5.32 Å². The Hall–Kier alpha value is -3.01. The average molecular weight is 258 g/mol. The first-order valence-electron chi connectivity index (χ1n) is 5.29. The van der Waals surface area contributed by atoms with Crippen molar-refractivity contribution in [3.63, 3.8) is 0 Å². The van der Waals surface area contributed by atoms with Gasteiger partial charge in [-0.2, -0.15) is 4.99 Å². The zero-order valence-corrected chi connectivity index (χ0v) is 10.1. The molecule has 1 aromatic rings. The molecule has 0 aromatic heterocycles. The number of amides is 1. The van der Waals surface area contributed by atoms with Crippen LogP contribution in [0.15, 0.2) is 34.3 Å². The van der Waals surface area contributed by atoms with E-state index in [-0.39, 0.29) is 24.4 Å². The highest BCUT2D eigenvalue weighted by Crippen LogP contribution is 2.18. The van der Waals surface area contributed by atoms with Crippen molar-refractivity contribution in [2.75, 3.05) is 6.54 Å². The van der Waals surface area contributed by atoms with E-state index in [4.69, 9.17) is 23.6 Å². The minimum Gasteiger partial charge on any atom is -0.370 e. The van der Waals surface area contributed by atoms with Gasteiger partial charge in [0.25, 0.3) is 5.91 Å². The maximum atomic E-state index is 11.8. The van der Waals surface area contributed by atoms with Gasteiger partial charge in [0.2, 0.25) is 5.96 Å². The molecule has 0 heterocycles. The number of guanidine groups is 2. The van der Waals surface area contributed by atoms with E-state index < -0.39 is 0 Å². The van der Waals surface area contributed by atoms with Crippen molar-refractivity contribution in [1.29, 1.82) is 0 Å². The van der Waals surface area contributed by atoms with Crippen molar-refractivity contribution in [2.45, 2.75) is 0 Å². The topological polar surface area (TPSA) is 132 Å². The van der Waals surface area contributed by atoms with Gasteiger partial charge in [-0.05, 0) is 12.1 Å². The second-order valence-electron chi connectivity index (χ2n) is 3.41. The van der Waals surface area contributed by atoms with Gasteiger partial charge in [0, 0.05) is 0 Å². The van der Waals surface area contributed by atoms with Crippen LogP contribution in [0.4, 0.5) is 5.69 Å². The van der Waals surface area contributed by atoms with Crippen molar-refractivity contribution < 1.29 is 4.79 Å². The second-order valence-corrected chi connectivity index (χ2v) is 3.41. The summed E-state index contributed by atoms with van der Waals surface area (Å²) in [6.07, 6.45) is 5.07. The van der Waals surface area contributed by atoms with Crippen LogP contribution in [0, 0.1) is 12.3 Å². The number of hydrogen-bond acceptors (Lipinski definition) is 2. The number of hydrogen-bond donors (Lipinski definition) is 4. The van der Waals surface area contributed by atoms with Gasteiger partial charge in [-0.25, -0.2) is 4.99 Å². The van der Waals surface area contributed by atoms with E-state index >= 15 is 0 Å². The van der Waals surface area contributed by atoms with Gasteiger partial charge in [-0.15, -0.1) is 6.42 Å². The number of nitrogens with zero attached hydrogens (tertiary/aromatic N) is 2. The Balaban J connectivity index is 3.06. The number of nitrogens with two attached hydrogens (primary N) is 3. The lowest BCUT2D eigenvalue weighted by Gasteiger charge is -2.05. The summed E-state index contributed by atoms with van der Waals surface area (Å²) in [7, 11) is 0. The van der Waals surface area contributed by atoms with Gasteiger partial charge >= 0.3 is 0 Å². The number of carbonyl (C=O) groups is 1. The van der Waals surface area contributed by atoms with Crippen LogP contribution >= 0.6 is 0 Å². The minimum absolute atomic E-state index is 0.125. The van der Waals surface area contributed by atoms with Crippen molar-refractivity contribution >= 4 is 23.5 Å². The Morgan fingerprint density at radius 1 is 1.32 bits per heavy atom. The normalized spacial score (nSPS) is 10.4. The molecule has 7 N–H and O–H groups in total. The number of aliphatic imine (C=N–C) groups is 2. The predicted octanol–water partition coefficient (Wildman–Crippen LogP) is -0.731. The number of terminal acetylenes is 1. The van der Waals surface area contributed by atoms with Gasteiger partial charge in [0.15, 0.2) is 5.96 Å². The van der Waals surface area contributed by atoms with Gasteiger partial charge in [-0.3, -0.25) is 4.79 Å². The maximum absolute atomic E-state index is 11.8. The molecule has 0 aliphatic carbocycles. The van der Waals surface area contributed by atoms with Crippen LogP contribution in [0.5, 0.6) is 0 Å². The quantitative estimate of drug-likeness (QED) is 0.323. The van der Waals surface area contributed by atoms with Crippen LogP contribution in [0.2, 0.25) is 0 Å². The van der Waals surface area contributed by atoms with Gasteiger partial charge < -0.3 is 22.5 Å². The molecule has 1 amide bonds. The molecule has 0 spiro atoms. The number of nitrogens with one attached hydrogen (secondary N) is 1. The van der Waals surface area contributed by atoms with E-state index in [1.54, 1.807) is 24.3 Å². The monoisotopic (exact) mass is 258 g/mol. The van der Waals surface area contributed by atoms with Crippen molar-refractivity contribution in [3.8, 4) is 12.3 Å². The molecule has 7 heteroatoms. The largest absolute Gasteiger partial charge is 0.370 e. The average Bonchev–Trinajstić information content (AvgIpc) is 2.35. The summed E-state index contributed by atoms with van der Waals surface area (Å²) in [6, 6.07) is 6.60.